The summed E-state index contributed by atoms with van der Waals surface area (Å²) in [7, 11) is 2.12. The van der Waals surface area contributed by atoms with Crippen molar-refractivity contribution in [2.75, 3.05) is 33.2 Å². The number of rotatable bonds is 3. The van der Waals surface area contributed by atoms with E-state index >= 15 is 0 Å². The van der Waals surface area contributed by atoms with Gasteiger partial charge in [-0.25, -0.2) is 4.79 Å². The van der Waals surface area contributed by atoms with Gasteiger partial charge in [-0.1, -0.05) is 37.3 Å². The number of ether oxygens (including phenoxy) is 1. The van der Waals surface area contributed by atoms with Gasteiger partial charge in [0.2, 0.25) is 0 Å². The molecular weight excluding hydrogens is 264 g/mol. The summed E-state index contributed by atoms with van der Waals surface area (Å²) < 4.78 is 5.75. The number of piperidine rings is 1. The monoisotopic (exact) mass is 288 g/mol. The lowest BCUT2D eigenvalue weighted by Crippen LogP contribution is -2.45. The standard InChI is InChI=1S/C17H24N2O2/c1-14(15-6-4-3-5-7-15)12-19-13-17(21-16(19)20)8-10-18(2)11-9-17/h3-7,14H,8-13H2,1-2H3/t14-/m0/s1. The summed E-state index contributed by atoms with van der Waals surface area (Å²) >= 11 is 0. The summed E-state index contributed by atoms with van der Waals surface area (Å²) in [6, 6.07) is 10.4. The Balaban J connectivity index is 1.63. The summed E-state index contributed by atoms with van der Waals surface area (Å²) in [6.07, 6.45) is 1.76. The summed E-state index contributed by atoms with van der Waals surface area (Å²) in [4.78, 5) is 16.4. The van der Waals surface area contributed by atoms with E-state index in [1.807, 2.05) is 23.1 Å². The van der Waals surface area contributed by atoms with Gasteiger partial charge in [-0.15, -0.1) is 0 Å². The zero-order valence-corrected chi connectivity index (χ0v) is 12.9. The maximum atomic E-state index is 12.2. The Hall–Kier alpha value is -1.55. The molecule has 1 amide bonds. The Morgan fingerprint density at radius 2 is 1.90 bits per heavy atom. The minimum atomic E-state index is -0.236. The minimum absolute atomic E-state index is 0.137. The first-order valence-electron chi connectivity index (χ1n) is 7.79. The van der Waals surface area contributed by atoms with Gasteiger partial charge in [-0.05, 0) is 18.5 Å². The third kappa shape index (κ3) is 3.05. The minimum Gasteiger partial charge on any atom is -0.441 e. The summed E-state index contributed by atoms with van der Waals surface area (Å²) in [5.74, 6) is 0.333. The first-order chi connectivity index (χ1) is 10.1. The van der Waals surface area contributed by atoms with Crippen LogP contribution in [-0.2, 0) is 4.74 Å². The predicted octanol–water partition coefficient (Wildman–Crippen LogP) is 2.71. The van der Waals surface area contributed by atoms with Crippen molar-refractivity contribution in [2.24, 2.45) is 0 Å². The molecule has 4 heteroatoms. The molecule has 21 heavy (non-hydrogen) atoms. The molecule has 2 fully saturated rings. The van der Waals surface area contributed by atoms with Gasteiger partial charge in [0.1, 0.15) is 5.60 Å². The quantitative estimate of drug-likeness (QED) is 0.857. The first kappa shape index (κ1) is 14.4. The van der Waals surface area contributed by atoms with Gasteiger partial charge in [0.15, 0.2) is 0 Å². The van der Waals surface area contributed by atoms with E-state index in [0.29, 0.717) is 5.92 Å². The molecule has 0 N–H and O–H groups in total. The van der Waals surface area contributed by atoms with Crippen molar-refractivity contribution in [1.82, 2.24) is 9.80 Å². The highest BCUT2D eigenvalue weighted by atomic mass is 16.6. The van der Waals surface area contributed by atoms with E-state index in [1.54, 1.807) is 0 Å². The van der Waals surface area contributed by atoms with Gasteiger partial charge < -0.3 is 14.5 Å². The van der Waals surface area contributed by atoms with Crippen molar-refractivity contribution in [3.63, 3.8) is 0 Å². The number of benzene rings is 1. The molecule has 0 saturated carbocycles. The van der Waals surface area contributed by atoms with Crippen molar-refractivity contribution in [3.05, 3.63) is 35.9 Å². The lowest BCUT2D eigenvalue weighted by atomic mass is 9.91. The molecule has 114 valence electrons. The van der Waals surface area contributed by atoms with Gasteiger partial charge in [-0.2, -0.15) is 0 Å². The SMILES string of the molecule is C[C@@H](CN1CC2(CCN(C)CC2)OC1=O)c1ccccc1. The number of likely N-dealkylation sites (tertiary alicyclic amines) is 1. The van der Waals surface area contributed by atoms with E-state index in [1.165, 1.54) is 5.56 Å². The summed E-state index contributed by atoms with van der Waals surface area (Å²) in [5.41, 5.74) is 1.04. The Bertz CT molecular complexity index is 495. The molecule has 2 aliphatic rings. The van der Waals surface area contributed by atoms with E-state index in [9.17, 15) is 4.79 Å². The normalized spacial score (nSPS) is 23.3. The lowest BCUT2D eigenvalue weighted by molar-refractivity contribution is 0.00658. The average Bonchev–Trinajstić information content (AvgIpc) is 2.79. The van der Waals surface area contributed by atoms with Crippen molar-refractivity contribution in [1.29, 1.82) is 0 Å². The van der Waals surface area contributed by atoms with Crippen LogP contribution in [0.5, 0.6) is 0 Å². The number of hydrogen-bond acceptors (Lipinski definition) is 3. The summed E-state index contributed by atoms with van der Waals surface area (Å²) in [5, 5.41) is 0. The molecule has 2 aliphatic heterocycles. The maximum Gasteiger partial charge on any atom is 0.410 e. The molecular formula is C17H24N2O2. The van der Waals surface area contributed by atoms with Gasteiger partial charge in [0, 0.05) is 32.5 Å². The number of carbonyl (C=O) groups excluding carboxylic acids is 1. The molecule has 0 aromatic heterocycles. The smallest absolute Gasteiger partial charge is 0.410 e. The van der Waals surface area contributed by atoms with Gasteiger partial charge >= 0.3 is 6.09 Å². The van der Waals surface area contributed by atoms with E-state index < -0.39 is 0 Å². The molecule has 0 unspecified atom stereocenters. The van der Waals surface area contributed by atoms with Crippen LogP contribution in [0.25, 0.3) is 0 Å². The average molecular weight is 288 g/mol. The number of hydrogen-bond donors (Lipinski definition) is 0. The fourth-order valence-electron chi connectivity index (χ4n) is 3.34. The highest BCUT2D eigenvalue weighted by Gasteiger charge is 2.46. The molecule has 1 aromatic rings. The molecule has 0 aliphatic carbocycles. The fraction of sp³-hybridized carbons (Fsp3) is 0.588. The van der Waals surface area contributed by atoms with Crippen molar-refractivity contribution in [2.45, 2.75) is 31.3 Å². The number of carbonyl (C=O) groups is 1. The van der Waals surface area contributed by atoms with Crippen LogP contribution < -0.4 is 0 Å². The second kappa shape index (κ2) is 5.68. The van der Waals surface area contributed by atoms with Gasteiger partial charge in [-0.3, -0.25) is 0 Å². The van der Waals surface area contributed by atoms with E-state index in [2.05, 4.69) is 31.0 Å². The topological polar surface area (TPSA) is 32.8 Å². The van der Waals surface area contributed by atoms with Crippen LogP contribution in [0.15, 0.2) is 30.3 Å². The Kier molecular flexibility index (Phi) is 3.89. The first-order valence-corrected chi connectivity index (χ1v) is 7.79. The van der Waals surface area contributed by atoms with Crippen LogP contribution >= 0.6 is 0 Å². The zero-order chi connectivity index (χ0) is 14.9. The van der Waals surface area contributed by atoms with E-state index in [0.717, 1.165) is 39.0 Å². The highest BCUT2D eigenvalue weighted by molar-refractivity contribution is 5.70. The zero-order valence-electron chi connectivity index (χ0n) is 12.9. The lowest BCUT2D eigenvalue weighted by Gasteiger charge is -2.35. The second-order valence-corrected chi connectivity index (χ2v) is 6.55. The van der Waals surface area contributed by atoms with Crippen LogP contribution in [0.4, 0.5) is 4.79 Å². The Labute approximate surface area is 126 Å². The fourth-order valence-corrected chi connectivity index (χ4v) is 3.34. The second-order valence-electron chi connectivity index (χ2n) is 6.55. The van der Waals surface area contributed by atoms with Crippen LogP contribution in [0.2, 0.25) is 0 Å². The molecule has 1 aromatic carbocycles. The van der Waals surface area contributed by atoms with Crippen LogP contribution in [0.3, 0.4) is 0 Å². The maximum absolute atomic E-state index is 12.2. The van der Waals surface area contributed by atoms with Gasteiger partial charge in [0.05, 0.1) is 6.54 Å². The van der Waals surface area contributed by atoms with Crippen molar-refractivity contribution in [3.8, 4) is 0 Å². The molecule has 2 saturated heterocycles. The Morgan fingerprint density at radius 3 is 2.57 bits per heavy atom. The molecule has 2 heterocycles. The Morgan fingerprint density at radius 1 is 1.24 bits per heavy atom. The largest absolute Gasteiger partial charge is 0.441 e. The van der Waals surface area contributed by atoms with Gasteiger partial charge in [0.25, 0.3) is 0 Å². The molecule has 3 rings (SSSR count). The van der Waals surface area contributed by atoms with E-state index in [-0.39, 0.29) is 11.7 Å². The predicted molar refractivity (Wildman–Crippen MR) is 82.4 cm³/mol. The molecule has 1 atom stereocenters. The van der Waals surface area contributed by atoms with Crippen LogP contribution in [0, 0.1) is 0 Å². The third-order valence-electron chi connectivity index (χ3n) is 4.80. The molecule has 4 nitrogen and oxygen atoms in total. The van der Waals surface area contributed by atoms with E-state index in [4.69, 9.17) is 4.74 Å². The van der Waals surface area contributed by atoms with Crippen molar-refractivity contribution < 1.29 is 9.53 Å². The highest BCUT2D eigenvalue weighted by Crippen LogP contribution is 2.33. The molecule has 0 radical (unpaired) electrons. The van der Waals surface area contributed by atoms with Crippen LogP contribution in [0.1, 0.15) is 31.2 Å². The molecule has 1 spiro atoms. The third-order valence-corrected chi connectivity index (χ3v) is 4.80. The molecule has 0 bridgehead atoms. The number of nitrogens with zero attached hydrogens (tertiary/aromatic N) is 2. The number of amides is 1. The summed E-state index contributed by atoms with van der Waals surface area (Å²) in [6.45, 7) is 5.67. The van der Waals surface area contributed by atoms with Crippen molar-refractivity contribution >= 4 is 6.09 Å². The van der Waals surface area contributed by atoms with Crippen LogP contribution in [-0.4, -0.2) is 54.7 Å².